The molecule has 1 aliphatic rings. The molecule has 0 N–H and O–H groups in total. The summed E-state index contributed by atoms with van der Waals surface area (Å²) >= 11 is 1.66. The van der Waals surface area contributed by atoms with Crippen LogP contribution in [0, 0.1) is 13.8 Å². The van der Waals surface area contributed by atoms with Crippen LogP contribution in [0.15, 0.2) is 81.4 Å². The van der Waals surface area contributed by atoms with Gasteiger partial charge in [-0.25, -0.2) is 4.99 Å². The maximum absolute atomic E-state index is 4.83. The highest BCUT2D eigenvalue weighted by molar-refractivity contribution is 7.14. The Labute approximate surface area is 170 Å². The zero-order chi connectivity index (χ0) is 20.3. The van der Waals surface area contributed by atoms with Crippen LogP contribution in [-0.2, 0) is 0 Å². The number of aryl methyl sites for hydroxylation is 2. The minimum atomic E-state index is 0.846. The van der Waals surface area contributed by atoms with Gasteiger partial charge in [0.25, 0.3) is 0 Å². The summed E-state index contributed by atoms with van der Waals surface area (Å²) < 4.78 is 0. The first-order chi connectivity index (χ1) is 13.4. The molecule has 0 unspecified atom stereocenters. The predicted molar refractivity (Wildman–Crippen MR) is 125 cm³/mol. The number of nitrogens with zero attached hydrogens (tertiary/aromatic N) is 3. The molecule has 0 bridgehead atoms. The van der Waals surface area contributed by atoms with Crippen molar-refractivity contribution in [1.82, 2.24) is 0 Å². The van der Waals surface area contributed by atoms with Crippen LogP contribution in [0.1, 0.15) is 27.8 Å². The third-order valence-corrected chi connectivity index (χ3v) is 5.52. The summed E-state index contributed by atoms with van der Waals surface area (Å²) in [6, 6.07) is 8.13. The fourth-order valence-corrected chi connectivity index (χ4v) is 3.59. The second-order valence-corrected chi connectivity index (χ2v) is 7.81. The SMILES string of the molecule is C=Cc1ccc(C=NC2=CC(=C)/C(=N\c3cc(C)c(N=C)cc3C)C=C2C)s1. The second-order valence-electron chi connectivity index (χ2n) is 6.66. The van der Waals surface area contributed by atoms with E-state index < -0.39 is 0 Å². The molecule has 1 aliphatic carbocycles. The van der Waals surface area contributed by atoms with Crippen molar-refractivity contribution in [2.24, 2.45) is 15.0 Å². The number of benzene rings is 1. The van der Waals surface area contributed by atoms with Crippen molar-refractivity contribution in [1.29, 1.82) is 0 Å². The number of aliphatic imine (C=N–C) groups is 3. The van der Waals surface area contributed by atoms with Gasteiger partial charge in [-0.15, -0.1) is 11.3 Å². The molecule has 1 heterocycles. The van der Waals surface area contributed by atoms with E-state index in [0.29, 0.717) is 0 Å². The van der Waals surface area contributed by atoms with Gasteiger partial charge in [-0.05, 0) is 86.2 Å². The van der Waals surface area contributed by atoms with Crippen LogP contribution in [0.4, 0.5) is 11.4 Å². The van der Waals surface area contributed by atoms with Crippen LogP contribution in [0.3, 0.4) is 0 Å². The van der Waals surface area contributed by atoms with Crippen molar-refractivity contribution in [2.45, 2.75) is 20.8 Å². The van der Waals surface area contributed by atoms with Gasteiger partial charge in [-0.2, -0.15) is 0 Å². The van der Waals surface area contributed by atoms with E-state index in [4.69, 9.17) is 4.99 Å². The Morgan fingerprint density at radius 1 is 0.964 bits per heavy atom. The van der Waals surface area contributed by atoms with Gasteiger partial charge in [0.15, 0.2) is 0 Å². The Morgan fingerprint density at radius 2 is 1.64 bits per heavy atom. The Kier molecular flexibility index (Phi) is 5.81. The number of hydrogen-bond donors (Lipinski definition) is 0. The van der Waals surface area contributed by atoms with E-state index in [-0.39, 0.29) is 0 Å². The first-order valence-electron chi connectivity index (χ1n) is 8.94. The molecule has 0 spiro atoms. The minimum absolute atomic E-state index is 0.846. The number of allylic oxidation sites excluding steroid dienone is 4. The molecule has 2 aromatic rings. The molecule has 0 saturated heterocycles. The van der Waals surface area contributed by atoms with E-state index in [2.05, 4.69) is 29.9 Å². The van der Waals surface area contributed by atoms with Crippen LogP contribution in [0.25, 0.3) is 6.08 Å². The highest BCUT2D eigenvalue weighted by Gasteiger charge is 2.12. The van der Waals surface area contributed by atoms with E-state index in [1.165, 1.54) is 0 Å². The lowest BCUT2D eigenvalue weighted by Gasteiger charge is -2.14. The first kappa shape index (κ1) is 19.6. The molecule has 1 aromatic carbocycles. The highest BCUT2D eigenvalue weighted by atomic mass is 32.1. The summed E-state index contributed by atoms with van der Waals surface area (Å²) in [7, 11) is 0. The van der Waals surface area contributed by atoms with Crippen molar-refractivity contribution >= 4 is 47.4 Å². The van der Waals surface area contributed by atoms with Crippen LogP contribution in [0.5, 0.6) is 0 Å². The molecule has 0 saturated carbocycles. The largest absolute Gasteiger partial charge is 0.264 e. The van der Waals surface area contributed by atoms with E-state index >= 15 is 0 Å². The number of rotatable bonds is 5. The zero-order valence-corrected chi connectivity index (χ0v) is 17.3. The predicted octanol–water partition coefficient (Wildman–Crippen LogP) is 6.93. The van der Waals surface area contributed by atoms with Crippen LogP contribution >= 0.6 is 11.3 Å². The second kappa shape index (κ2) is 8.28. The molecule has 3 rings (SSSR count). The minimum Gasteiger partial charge on any atom is -0.264 e. The Balaban J connectivity index is 1.87. The lowest BCUT2D eigenvalue weighted by Crippen LogP contribution is -2.04. The van der Waals surface area contributed by atoms with Gasteiger partial charge in [-0.3, -0.25) is 9.98 Å². The molecule has 1 aromatic heterocycles. The summed E-state index contributed by atoms with van der Waals surface area (Å²) in [6.45, 7) is 17.7. The fraction of sp³-hybridized carbons (Fsp3) is 0.125. The molecule has 0 atom stereocenters. The number of hydrogen-bond acceptors (Lipinski definition) is 4. The summed E-state index contributed by atoms with van der Waals surface area (Å²) in [4.78, 5) is 15.7. The maximum atomic E-state index is 4.83. The average molecular weight is 386 g/mol. The summed E-state index contributed by atoms with van der Waals surface area (Å²) in [5, 5.41) is 0. The van der Waals surface area contributed by atoms with Gasteiger partial charge in [-0.1, -0.05) is 19.2 Å². The van der Waals surface area contributed by atoms with Gasteiger partial charge in [0.1, 0.15) is 0 Å². The molecule has 0 aliphatic heterocycles. The quantitative estimate of drug-likeness (QED) is 0.500. The highest BCUT2D eigenvalue weighted by Crippen LogP contribution is 2.30. The lowest BCUT2D eigenvalue weighted by atomic mass is 9.99. The van der Waals surface area contributed by atoms with Crippen molar-refractivity contribution in [3.8, 4) is 0 Å². The van der Waals surface area contributed by atoms with Gasteiger partial charge >= 0.3 is 0 Å². The van der Waals surface area contributed by atoms with E-state index in [0.717, 1.165) is 54.8 Å². The third-order valence-electron chi connectivity index (χ3n) is 4.50. The molecule has 0 fully saturated rings. The normalized spacial score (nSPS) is 15.7. The van der Waals surface area contributed by atoms with Crippen molar-refractivity contribution < 1.29 is 0 Å². The molecule has 0 radical (unpaired) electrons. The average Bonchev–Trinajstić information content (AvgIpc) is 3.14. The Bertz CT molecular complexity index is 1090. The molecular formula is C24H23N3S. The van der Waals surface area contributed by atoms with E-state index in [1.54, 1.807) is 11.3 Å². The molecular weight excluding hydrogens is 362 g/mol. The maximum Gasteiger partial charge on any atom is 0.0707 e. The van der Waals surface area contributed by atoms with Crippen molar-refractivity contribution in [3.05, 3.63) is 87.3 Å². The molecule has 4 heteroatoms. The summed E-state index contributed by atoms with van der Waals surface area (Å²) in [5.41, 5.74) is 7.57. The molecule has 0 amide bonds. The van der Waals surface area contributed by atoms with Crippen LogP contribution in [0.2, 0.25) is 0 Å². The molecule has 3 nitrogen and oxygen atoms in total. The topological polar surface area (TPSA) is 37.1 Å². The van der Waals surface area contributed by atoms with Crippen molar-refractivity contribution in [3.63, 3.8) is 0 Å². The van der Waals surface area contributed by atoms with Gasteiger partial charge in [0.2, 0.25) is 0 Å². The molecule has 140 valence electrons. The van der Waals surface area contributed by atoms with Gasteiger partial charge in [0, 0.05) is 16.0 Å². The van der Waals surface area contributed by atoms with Gasteiger partial charge in [0.05, 0.1) is 22.8 Å². The summed E-state index contributed by atoms with van der Waals surface area (Å²) in [6.07, 6.45) is 7.74. The zero-order valence-electron chi connectivity index (χ0n) is 16.5. The smallest absolute Gasteiger partial charge is 0.0707 e. The van der Waals surface area contributed by atoms with Crippen molar-refractivity contribution in [2.75, 3.05) is 0 Å². The van der Waals surface area contributed by atoms with Gasteiger partial charge < -0.3 is 0 Å². The first-order valence-corrected chi connectivity index (χ1v) is 9.75. The lowest BCUT2D eigenvalue weighted by molar-refractivity contribution is 1.27. The van der Waals surface area contributed by atoms with E-state index in [1.807, 2.05) is 69.5 Å². The number of thiophene rings is 1. The third kappa shape index (κ3) is 4.24. The standard InChI is InChI=1S/C24H23N3S/c1-7-19-8-9-20(28-19)14-26-22-11-18(5)24(13-16(22)3)27-23-12-15(2)21(25-6)10-17(23)4/h7-14H,1,5-6H2,2-4H3/b26-14?,27-24-. The van der Waals surface area contributed by atoms with Crippen LogP contribution < -0.4 is 0 Å². The monoisotopic (exact) mass is 385 g/mol. The fourth-order valence-electron chi connectivity index (χ4n) is 2.85. The summed E-state index contributed by atoms with van der Waals surface area (Å²) in [5.74, 6) is 0. The molecule has 28 heavy (non-hydrogen) atoms. The Morgan fingerprint density at radius 3 is 2.32 bits per heavy atom. The van der Waals surface area contributed by atoms with Crippen LogP contribution in [-0.4, -0.2) is 18.6 Å². The Hall–Kier alpha value is -3.11. The van der Waals surface area contributed by atoms with E-state index in [9.17, 15) is 0 Å².